The second kappa shape index (κ2) is 6.45. The highest BCUT2D eigenvalue weighted by atomic mass is 19.4. The number of nitrogens with zero attached hydrogens (tertiary/aromatic N) is 2. The molecule has 1 atom stereocenters. The second-order valence-corrected chi connectivity index (χ2v) is 6.18. The van der Waals surface area contributed by atoms with Crippen LogP contribution in [0.1, 0.15) is 43.4 Å². The Morgan fingerprint density at radius 2 is 2.08 bits per heavy atom. The van der Waals surface area contributed by atoms with E-state index in [-0.39, 0.29) is 30.5 Å². The molecule has 0 N–H and O–H groups in total. The molecular weight excluding hydrogens is 329 g/mol. The van der Waals surface area contributed by atoms with Gasteiger partial charge in [0.2, 0.25) is 5.91 Å². The lowest BCUT2D eigenvalue weighted by Crippen LogP contribution is -2.35. The van der Waals surface area contributed by atoms with Crippen molar-refractivity contribution in [3.63, 3.8) is 0 Å². The fourth-order valence-electron chi connectivity index (χ4n) is 3.32. The molecule has 132 valence electrons. The molecule has 6 nitrogen and oxygen atoms in total. The minimum atomic E-state index is -4.67. The van der Waals surface area contributed by atoms with E-state index in [0.29, 0.717) is 0 Å². The average Bonchev–Trinajstić information content (AvgIpc) is 3.23. The van der Waals surface area contributed by atoms with Crippen LogP contribution < -0.4 is 0 Å². The highest BCUT2D eigenvalue weighted by Gasteiger charge is 2.40. The van der Waals surface area contributed by atoms with Crippen molar-refractivity contribution in [1.29, 1.82) is 0 Å². The Hall–Kier alpha value is -2.06. The maximum Gasteiger partial charge on any atom is 0.437 e. The molecule has 2 heterocycles. The number of aromatic nitrogens is 1. The van der Waals surface area contributed by atoms with Gasteiger partial charge in [-0.05, 0) is 12.8 Å². The van der Waals surface area contributed by atoms with E-state index in [1.807, 2.05) is 0 Å². The number of esters is 1. The lowest BCUT2D eigenvalue weighted by Gasteiger charge is -2.23. The smallest absolute Gasteiger partial charge is 0.437 e. The number of carbonyl (C=O) groups is 2. The van der Waals surface area contributed by atoms with Gasteiger partial charge in [-0.25, -0.2) is 0 Å². The van der Waals surface area contributed by atoms with Crippen molar-refractivity contribution in [3.05, 3.63) is 17.5 Å². The van der Waals surface area contributed by atoms with E-state index in [1.165, 1.54) is 0 Å². The molecular formula is C15H17F3N2O4. The third-order valence-electron chi connectivity index (χ3n) is 4.54. The summed E-state index contributed by atoms with van der Waals surface area (Å²) < 4.78 is 47.3. The molecule has 1 saturated carbocycles. The third kappa shape index (κ3) is 3.39. The van der Waals surface area contributed by atoms with Crippen LogP contribution in [0.5, 0.6) is 0 Å². The fraction of sp³-hybridized carbons (Fsp3) is 0.667. The number of halogens is 3. The molecule has 0 radical (unpaired) electrons. The van der Waals surface area contributed by atoms with E-state index in [9.17, 15) is 22.8 Å². The van der Waals surface area contributed by atoms with E-state index in [2.05, 4.69) is 9.68 Å². The summed E-state index contributed by atoms with van der Waals surface area (Å²) in [7, 11) is 0. The summed E-state index contributed by atoms with van der Waals surface area (Å²) in [6.07, 6.45) is 0.185. The number of rotatable bonds is 4. The monoisotopic (exact) mass is 346 g/mol. The summed E-state index contributed by atoms with van der Waals surface area (Å²) in [5.74, 6) is -1.39. The molecule has 1 aliphatic carbocycles. The zero-order valence-electron chi connectivity index (χ0n) is 12.8. The molecule has 9 heteroatoms. The van der Waals surface area contributed by atoms with Gasteiger partial charge in [-0.3, -0.25) is 9.59 Å². The zero-order chi connectivity index (χ0) is 17.3. The summed E-state index contributed by atoms with van der Waals surface area (Å²) in [5, 5.41) is 2.89. The van der Waals surface area contributed by atoms with E-state index < -0.39 is 30.4 Å². The molecule has 2 aliphatic rings. The predicted molar refractivity (Wildman–Crippen MR) is 73.4 cm³/mol. The molecule has 1 aromatic rings. The van der Waals surface area contributed by atoms with Crippen molar-refractivity contribution in [2.45, 2.75) is 50.9 Å². The zero-order valence-corrected chi connectivity index (χ0v) is 12.8. The fourth-order valence-corrected chi connectivity index (χ4v) is 3.32. The average molecular weight is 346 g/mol. The van der Waals surface area contributed by atoms with E-state index >= 15 is 0 Å². The lowest BCUT2D eigenvalue weighted by molar-refractivity contribution is -0.152. The number of likely N-dealkylation sites (tertiary alicyclic amines) is 1. The number of amides is 1. The van der Waals surface area contributed by atoms with Crippen LogP contribution >= 0.6 is 0 Å². The van der Waals surface area contributed by atoms with E-state index in [0.717, 1.165) is 31.9 Å². The van der Waals surface area contributed by atoms with Crippen molar-refractivity contribution < 1.29 is 32.0 Å². The minimum Gasteiger partial charge on any atom is -0.460 e. The maximum absolute atomic E-state index is 12.7. The van der Waals surface area contributed by atoms with Crippen LogP contribution in [0.15, 0.2) is 10.8 Å². The van der Waals surface area contributed by atoms with Gasteiger partial charge >= 0.3 is 12.1 Å². The van der Waals surface area contributed by atoms with Gasteiger partial charge in [0.1, 0.15) is 12.9 Å². The summed E-state index contributed by atoms with van der Waals surface area (Å²) in [4.78, 5) is 25.8. The number of ether oxygens (including phenoxy) is 1. The molecule has 1 aliphatic heterocycles. The van der Waals surface area contributed by atoms with Gasteiger partial charge in [0.15, 0.2) is 5.69 Å². The Kier molecular flexibility index (Phi) is 4.51. The molecule has 0 aromatic carbocycles. The van der Waals surface area contributed by atoms with Gasteiger partial charge < -0.3 is 14.2 Å². The van der Waals surface area contributed by atoms with Crippen LogP contribution in [0, 0.1) is 5.92 Å². The van der Waals surface area contributed by atoms with Crippen molar-refractivity contribution in [2.24, 2.45) is 5.92 Å². The van der Waals surface area contributed by atoms with Gasteiger partial charge in [0.05, 0.1) is 11.5 Å². The van der Waals surface area contributed by atoms with Gasteiger partial charge in [-0.2, -0.15) is 13.2 Å². The normalized spacial score (nSPS) is 22.4. The van der Waals surface area contributed by atoms with Gasteiger partial charge in [0, 0.05) is 19.0 Å². The maximum atomic E-state index is 12.7. The Morgan fingerprint density at radius 3 is 2.75 bits per heavy atom. The SMILES string of the molecule is O=C(OCc1conc1C(F)(F)F)[C@H]1CC(=O)N(C2CCCC2)C1. The quantitative estimate of drug-likeness (QED) is 0.784. The van der Waals surface area contributed by atoms with Gasteiger partial charge in [-0.1, -0.05) is 18.0 Å². The number of alkyl halides is 3. The van der Waals surface area contributed by atoms with E-state index in [4.69, 9.17) is 4.74 Å². The molecule has 1 aromatic heterocycles. The Balaban J connectivity index is 1.56. The van der Waals surface area contributed by atoms with Crippen LogP contribution in [0.4, 0.5) is 13.2 Å². The summed E-state index contributed by atoms with van der Waals surface area (Å²) in [6.45, 7) is -0.302. The topological polar surface area (TPSA) is 72.6 Å². The first-order valence-corrected chi connectivity index (χ1v) is 7.83. The molecule has 1 amide bonds. The van der Waals surface area contributed by atoms with Crippen molar-refractivity contribution in [3.8, 4) is 0 Å². The first-order valence-electron chi connectivity index (χ1n) is 7.83. The van der Waals surface area contributed by atoms with Crippen LogP contribution in [0.2, 0.25) is 0 Å². The van der Waals surface area contributed by atoms with Gasteiger partial charge in [-0.15, -0.1) is 0 Å². The highest BCUT2D eigenvalue weighted by molar-refractivity contribution is 5.87. The van der Waals surface area contributed by atoms with Crippen LogP contribution in [0.3, 0.4) is 0 Å². The minimum absolute atomic E-state index is 0.0467. The summed E-state index contributed by atoms with van der Waals surface area (Å²) >= 11 is 0. The predicted octanol–water partition coefficient (Wildman–Crippen LogP) is 2.53. The molecule has 1 saturated heterocycles. The number of hydrogen-bond donors (Lipinski definition) is 0. The summed E-state index contributed by atoms with van der Waals surface area (Å²) in [5.41, 5.74) is -1.54. The molecule has 0 bridgehead atoms. The van der Waals surface area contributed by atoms with Gasteiger partial charge in [0.25, 0.3) is 0 Å². The van der Waals surface area contributed by atoms with Crippen molar-refractivity contribution >= 4 is 11.9 Å². The van der Waals surface area contributed by atoms with E-state index in [1.54, 1.807) is 4.90 Å². The largest absolute Gasteiger partial charge is 0.460 e. The van der Waals surface area contributed by atoms with Crippen LogP contribution in [0.25, 0.3) is 0 Å². The third-order valence-corrected chi connectivity index (χ3v) is 4.54. The number of hydrogen-bond acceptors (Lipinski definition) is 5. The Bertz CT molecular complexity index is 622. The Labute approximate surface area is 135 Å². The first kappa shape index (κ1) is 16.8. The lowest BCUT2D eigenvalue weighted by atomic mass is 10.1. The molecule has 24 heavy (non-hydrogen) atoms. The first-order chi connectivity index (χ1) is 11.4. The molecule has 0 spiro atoms. The summed E-state index contributed by atoms with van der Waals surface area (Å²) in [6, 6.07) is 0.171. The molecule has 3 rings (SSSR count). The van der Waals surface area contributed by atoms with Crippen LogP contribution in [-0.4, -0.2) is 34.5 Å². The van der Waals surface area contributed by atoms with Crippen molar-refractivity contribution in [1.82, 2.24) is 10.1 Å². The number of carbonyl (C=O) groups excluding carboxylic acids is 2. The standard InChI is InChI=1S/C15H17F3N2O4/c16-15(17,18)13-10(8-24-19-13)7-23-14(22)9-5-12(21)20(6-9)11-3-1-2-4-11/h8-9,11H,1-7H2/t9-/m0/s1. The molecule has 2 fully saturated rings. The van der Waals surface area contributed by atoms with Crippen molar-refractivity contribution in [2.75, 3.05) is 6.54 Å². The Morgan fingerprint density at radius 1 is 1.38 bits per heavy atom. The molecule has 0 unspecified atom stereocenters. The highest BCUT2D eigenvalue weighted by Crippen LogP contribution is 2.32. The van der Waals surface area contributed by atoms with Crippen LogP contribution in [-0.2, 0) is 27.1 Å². The second-order valence-electron chi connectivity index (χ2n) is 6.18.